The summed E-state index contributed by atoms with van der Waals surface area (Å²) in [4.78, 5) is 0. The second-order valence-electron chi connectivity index (χ2n) is 5.81. The van der Waals surface area contributed by atoms with E-state index in [2.05, 4.69) is 73.7 Å². The smallest absolute Gasteiger partial charge is 0.128 e. The molecule has 0 aliphatic carbocycles. The van der Waals surface area contributed by atoms with Crippen LogP contribution in [-0.4, -0.2) is 0 Å². The molecule has 4 aromatic carbocycles. The predicted octanol–water partition coefficient (Wildman–Crippen LogP) is 6.13. The van der Waals surface area contributed by atoms with Crippen molar-refractivity contribution in [2.24, 2.45) is 0 Å². The van der Waals surface area contributed by atoms with Crippen molar-refractivity contribution in [1.82, 2.24) is 0 Å². The Hall–Kier alpha value is -2.80. The first-order valence-corrected chi connectivity index (χ1v) is 7.95. The van der Waals surface area contributed by atoms with Crippen LogP contribution in [0.15, 0.2) is 84.9 Å². The van der Waals surface area contributed by atoms with E-state index in [1.165, 1.54) is 21.7 Å². The van der Waals surface area contributed by atoms with Gasteiger partial charge < -0.3 is 4.74 Å². The van der Waals surface area contributed by atoms with Gasteiger partial charge in [0.25, 0.3) is 0 Å². The number of hydrogen-bond donors (Lipinski definition) is 0. The number of hydrogen-bond acceptors (Lipinski definition) is 1. The van der Waals surface area contributed by atoms with Crippen LogP contribution in [0.1, 0.15) is 18.6 Å². The average Bonchev–Trinajstić information content (AvgIpc) is 2.62. The third-order valence-electron chi connectivity index (χ3n) is 4.32. The van der Waals surface area contributed by atoms with E-state index in [-0.39, 0.29) is 6.10 Å². The highest BCUT2D eigenvalue weighted by Gasteiger charge is 2.10. The molecule has 0 aliphatic heterocycles. The lowest BCUT2D eigenvalue weighted by atomic mass is 10.0. The van der Waals surface area contributed by atoms with Crippen molar-refractivity contribution < 1.29 is 4.74 Å². The molecule has 4 rings (SSSR count). The van der Waals surface area contributed by atoms with E-state index >= 15 is 0 Å². The molecule has 1 unspecified atom stereocenters. The van der Waals surface area contributed by atoms with Crippen molar-refractivity contribution in [3.8, 4) is 5.75 Å². The van der Waals surface area contributed by atoms with Gasteiger partial charge in [0.2, 0.25) is 0 Å². The lowest BCUT2D eigenvalue weighted by molar-refractivity contribution is 0.230. The molecule has 1 atom stereocenters. The standard InChI is InChI=1S/C22H18O/c1-16(17-8-3-2-4-9-17)23-22-13-7-12-20-19-11-6-5-10-18(19)14-15-21(20)22/h2-16H,1H3. The summed E-state index contributed by atoms with van der Waals surface area (Å²) in [5, 5.41) is 4.92. The van der Waals surface area contributed by atoms with Gasteiger partial charge in [0.05, 0.1) is 0 Å². The van der Waals surface area contributed by atoms with Gasteiger partial charge in [-0.05, 0) is 34.7 Å². The first kappa shape index (κ1) is 13.8. The van der Waals surface area contributed by atoms with Gasteiger partial charge in [-0.25, -0.2) is 0 Å². The van der Waals surface area contributed by atoms with Crippen LogP contribution in [0.5, 0.6) is 5.75 Å². The molecule has 1 nitrogen and oxygen atoms in total. The summed E-state index contributed by atoms with van der Waals surface area (Å²) in [5.41, 5.74) is 1.19. The van der Waals surface area contributed by atoms with E-state index in [0.717, 1.165) is 11.1 Å². The maximum Gasteiger partial charge on any atom is 0.128 e. The Morgan fingerprint density at radius 1 is 0.609 bits per heavy atom. The first-order chi connectivity index (χ1) is 11.3. The molecular formula is C22H18O. The van der Waals surface area contributed by atoms with Gasteiger partial charge in [0.1, 0.15) is 11.9 Å². The Bertz CT molecular complexity index is 957. The van der Waals surface area contributed by atoms with Gasteiger partial charge >= 0.3 is 0 Å². The highest BCUT2D eigenvalue weighted by atomic mass is 16.5. The van der Waals surface area contributed by atoms with Crippen molar-refractivity contribution in [3.63, 3.8) is 0 Å². The van der Waals surface area contributed by atoms with Crippen LogP contribution in [0.4, 0.5) is 0 Å². The van der Waals surface area contributed by atoms with Crippen LogP contribution < -0.4 is 4.74 Å². The van der Waals surface area contributed by atoms with E-state index < -0.39 is 0 Å². The number of rotatable bonds is 3. The molecule has 0 saturated carbocycles. The van der Waals surface area contributed by atoms with Crippen LogP contribution in [0.2, 0.25) is 0 Å². The minimum absolute atomic E-state index is 0.0215. The fraction of sp³-hybridized carbons (Fsp3) is 0.0909. The summed E-state index contributed by atoms with van der Waals surface area (Å²) in [6, 6.07) is 29.4. The fourth-order valence-electron chi connectivity index (χ4n) is 3.10. The molecule has 0 bridgehead atoms. The molecule has 1 heteroatoms. The van der Waals surface area contributed by atoms with E-state index in [1.807, 2.05) is 18.2 Å². The van der Waals surface area contributed by atoms with Crippen LogP contribution in [0.25, 0.3) is 21.5 Å². The molecule has 0 N–H and O–H groups in total. The summed E-state index contributed by atoms with van der Waals surface area (Å²) in [7, 11) is 0. The Morgan fingerprint density at radius 2 is 1.35 bits per heavy atom. The number of fused-ring (bicyclic) bond motifs is 3. The largest absolute Gasteiger partial charge is 0.485 e. The van der Waals surface area contributed by atoms with Crippen molar-refractivity contribution in [2.45, 2.75) is 13.0 Å². The van der Waals surface area contributed by atoms with Gasteiger partial charge in [0.15, 0.2) is 0 Å². The Kier molecular flexibility index (Phi) is 3.47. The van der Waals surface area contributed by atoms with Gasteiger partial charge in [-0.2, -0.15) is 0 Å². The van der Waals surface area contributed by atoms with Crippen LogP contribution in [0.3, 0.4) is 0 Å². The third kappa shape index (κ3) is 2.55. The molecule has 0 aromatic heterocycles. The molecular weight excluding hydrogens is 280 g/mol. The zero-order chi connectivity index (χ0) is 15.6. The lowest BCUT2D eigenvalue weighted by Gasteiger charge is -2.17. The van der Waals surface area contributed by atoms with E-state index in [1.54, 1.807) is 0 Å². The maximum absolute atomic E-state index is 6.26. The summed E-state index contributed by atoms with van der Waals surface area (Å²) >= 11 is 0. The molecule has 0 saturated heterocycles. The van der Waals surface area contributed by atoms with E-state index in [9.17, 15) is 0 Å². The van der Waals surface area contributed by atoms with E-state index in [4.69, 9.17) is 4.74 Å². The maximum atomic E-state index is 6.26. The summed E-state index contributed by atoms with van der Waals surface area (Å²) in [5.74, 6) is 0.935. The normalized spacial score (nSPS) is 12.4. The van der Waals surface area contributed by atoms with Crippen LogP contribution in [-0.2, 0) is 0 Å². The van der Waals surface area contributed by atoms with Crippen molar-refractivity contribution >= 4 is 21.5 Å². The fourth-order valence-corrected chi connectivity index (χ4v) is 3.10. The van der Waals surface area contributed by atoms with Gasteiger partial charge in [0, 0.05) is 5.39 Å². The predicted molar refractivity (Wildman–Crippen MR) is 96.9 cm³/mol. The van der Waals surface area contributed by atoms with Crippen molar-refractivity contribution in [2.75, 3.05) is 0 Å². The first-order valence-electron chi connectivity index (χ1n) is 7.95. The molecule has 0 fully saturated rings. The third-order valence-corrected chi connectivity index (χ3v) is 4.32. The lowest BCUT2D eigenvalue weighted by Crippen LogP contribution is -2.03. The van der Waals surface area contributed by atoms with E-state index in [0.29, 0.717) is 0 Å². The zero-order valence-electron chi connectivity index (χ0n) is 13.1. The molecule has 0 aliphatic rings. The average molecular weight is 298 g/mol. The molecule has 0 radical (unpaired) electrons. The molecule has 112 valence electrons. The van der Waals surface area contributed by atoms with Crippen LogP contribution >= 0.6 is 0 Å². The second kappa shape index (κ2) is 5.77. The molecule has 0 amide bonds. The second-order valence-corrected chi connectivity index (χ2v) is 5.81. The Balaban J connectivity index is 1.80. The van der Waals surface area contributed by atoms with Crippen LogP contribution in [0, 0.1) is 0 Å². The quantitative estimate of drug-likeness (QED) is 0.413. The summed E-state index contributed by atoms with van der Waals surface area (Å²) < 4.78 is 6.26. The Morgan fingerprint density at radius 3 is 2.22 bits per heavy atom. The van der Waals surface area contributed by atoms with Crippen molar-refractivity contribution in [3.05, 3.63) is 90.5 Å². The topological polar surface area (TPSA) is 9.23 Å². The highest BCUT2D eigenvalue weighted by molar-refractivity contribution is 6.09. The van der Waals surface area contributed by atoms with Gasteiger partial charge in [-0.1, -0.05) is 78.9 Å². The Labute approximate surface area is 136 Å². The minimum Gasteiger partial charge on any atom is -0.485 e. The number of benzene rings is 4. The summed E-state index contributed by atoms with van der Waals surface area (Å²) in [6.07, 6.45) is 0.0215. The van der Waals surface area contributed by atoms with Gasteiger partial charge in [-0.15, -0.1) is 0 Å². The number of ether oxygens (including phenoxy) is 1. The SMILES string of the molecule is CC(Oc1cccc2c1ccc1ccccc12)c1ccccc1. The minimum atomic E-state index is 0.0215. The molecule has 23 heavy (non-hydrogen) atoms. The molecule has 0 heterocycles. The summed E-state index contributed by atoms with van der Waals surface area (Å²) in [6.45, 7) is 2.09. The molecule has 4 aromatic rings. The van der Waals surface area contributed by atoms with Gasteiger partial charge in [-0.3, -0.25) is 0 Å². The zero-order valence-corrected chi connectivity index (χ0v) is 13.1. The molecule has 0 spiro atoms. The van der Waals surface area contributed by atoms with Crippen molar-refractivity contribution in [1.29, 1.82) is 0 Å². The highest BCUT2D eigenvalue weighted by Crippen LogP contribution is 2.33. The monoisotopic (exact) mass is 298 g/mol.